The van der Waals surface area contributed by atoms with Gasteiger partial charge in [-0.1, -0.05) is 24.3 Å². The van der Waals surface area contributed by atoms with Crippen molar-refractivity contribution in [1.82, 2.24) is 0 Å². The molecule has 0 amide bonds. The molecule has 0 aliphatic carbocycles. The predicted octanol–water partition coefficient (Wildman–Crippen LogP) is 4.94. The molecule has 1 nitrogen and oxygen atoms in total. The summed E-state index contributed by atoms with van der Waals surface area (Å²) in [6.45, 7) is 2.06. The SMILES string of the molecule is COc1ccc(C(Cl)c2ccccc2I)c(C)c1. The van der Waals surface area contributed by atoms with Crippen molar-refractivity contribution in [3.05, 3.63) is 62.7 Å². The minimum atomic E-state index is -0.121. The number of ether oxygens (including phenoxy) is 1. The molecule has 0 saturated heterocycles. The highest BCUT2D eigenvalue weighted by atomic mass is 127. The Morgan fingerprint density at radius 3 is 2.44 bits per heavy atom. The highest BCUT2D eigenvalue weighted by molar-refractivity contribution is 14.1. The second kappa shape index (κ2) is 5.93. The van der Waals surface area contributed by atoms with Gasteiger partial charge in [-0.05, 0) is 64.4 Å². The van der Waals surface area contributed by atoms with Gasteiger partial charge in [0.2, 0.25) is 0 Å². The molecule has 0 heterocycles. The molecule has 0 radical (unpaired) electrons. The standard InChI is InChI=1S/C15H14ClIO/c1-10-9-11(18-2)7-8-12(10)15(16)13-5-3-4-6-14(13)17/h3-9,15H,1-2H3. The molecular formula is C15H14ClIO. The smallest absolute Gasteiger partial charge is 0.119 e. The number of methoxy groups -OCH3 is 1. The van der Waals surface area contributed by atoms with Crippen LogP contribution < -0.4 is 4.74 Å². The zero-order chi connectivity index (χ0) is 13.1. The molecule has 2 rings (SSSR count). The van der Waals surface area contributed by atoms with Crippen LogP contribution in [0.4, 0.5) is 0 Å². The van der Waals surface area contributed by atoms with Crippen LogP contribution >= 0.6 is 34.2 Å². The summed E-state index contributed by atoms with van der Waals surface area (Å²) in [5.41, 5.74) is 3.42. The Hall–Kier alpha value is -0.740. The fourth-order valence-corrected chi connectivity index (χ4v) is 3.23. The zero-order valence-corrected chi connectivity index (χ0v) is 13.2. The van der Waals surface area contributed by atoms with E-state index < -0.39 is 0 Å². The van der Waals surface area contributed by atoms with E-state index in [1.807, 2.05) is 30.3 Å². The number of alkyl halides is 1. The molecule has 0 aliphatic rings. The van der Waals surface area contributed by atoms with Gasteiger partial charge >= 0.3 is 0 Å². The van der Waals surface area contributed by atoms with Gasteiger partial charge in [0.05, 0.1) is 12.5 Å². The summed E-state index contributed by atoms with van der Waals surface area (Å²) in [6.07, 6.45) is 0. The summed E-state index contributed by atoms with van der Waals surface area (Å²) in [5.74, 6) is 0.864. The van der Waals surface area contributed by atoms with Gasteiger partial charge in [0.15, 0.2) is 0 Å². The Morgan fingerprint density at radius 1 is 1.11 bits per heavy atom. The van der Waals surface area contributed by atoms with Crippen molar-refractivity contribution in [2.45, 2.75) is 12.3 Å². The van der Waals surface area contributed by atoms with Crippen LogP contribution in [-0.4, -0.2) is 7.11 Å². The Bertz CT molecular complexity index is 554. The van der Waals surface area contributed by atoms with Crippen LogP contribution in [0, 0.1) is 10.5 Å². The van der Waals surface area contributed by atoms with E-state index in [-0.39, 0.29) is 5.38 Å². The van der Waals surface area contributed by atoms with Gasteiger partial charge in [0.25, 0.3) is 0 Å². The monoisotopic (exact) mass is 372 g/mol. The van der Waals surface area contributed by atoms with Crippen LogP contribution in [-0.2, 0) is 0 Å². The molecule has 2 aromatic carbocycles. The Balaban J connectivity index is 2.40. The van der Waals surface area contributed by atoms with Crippen LogP contribution in [0.25, 0.3) is 0 Å². The molecule has 0 fully saturated rings. The average Bonchev–Trinajstić information content (AvgIpc) is 2.38. The van der Waals surface area contributed by atoms with Gasteiger partial charge in [0.1, 0.15) is 5.75 Å². The molecule has 1 atom stereocenters. The first-order valence-corrected chi connectivity index (χ1v) is 7.18. The van der Waals surface area contributed by atoms with Crippen LogP contribution in [0.2, 0.25) is 0 Å². The lowest BCUT2D eigenvalue weighted by molar-refractivity contribution is 0.414. The molecule has 0 spiro atoms. The molecule has 0 bridgehead atoms. The van der Waals surface area contributed by atoms with Crippen LogP contribution in [0.3, 0.4) is 0 Å². The zero-order valence-electron chi connectivity index (χ0n) is 10.3. The van der Waals surface area contributed by atoms with E-state index >= 15 is 0 Å². The molecule has 1 unspecified atom stereocenters. The van der Waals surface area contributed by atoms with Gasteiger partial charge in [-0.15, -0.1) is 11.6 Å². The molecule has 18 heavy (non-hydrogen) atoms. The minimum absolute atomic E-state index is 0.121. The number of hydrogen-bond acceptors (Lipinski definition) is 1. The largest absolute Gasteiger partial charge is 0.497 e. The first-order chi connectivity index (χ1) is 8.63. The summed E-state index contributed by atoms with van der Waals surface area (Å²) in [6, 6.07) is 14.2. The van der Waals surface area contributed by atoms with Gasteiger partial charge in [-0.25, -0.2) is 0 Å². The van der Waals surface area contributed by atoms with E-state index in [4.69, 9.17) is 16.3 Å². The minimum Gasteiger partial charge on any atom is -0.497 e. The number of hydrogen-bond donors (Lipinski definition) is 0. The maximum Gasteiger partial charge on any atom is 0.119 e. The summed E-state index contributed by atoms with van der Waals surface area (Å²) in [5, 5.41) is -0.121. The van der Waals surface area contributed by atoms with E-state index in [0.717, 1.165) is 22.4 Å². The topological polar surface area (TPSA) is 9.23 Å². The molecule has 94 valence electrons. The Morgan fingerprint density at radius 2 is 1.83 bits per heavy atom. The second-order valence-corrected chi connectivity index (χ2v) is 5.71. The molecular weight excluding hydrogens is 359 g/mol. The van der Waals surface area contributed by atoms with Crippen molar-refractivity contribution in [1.29, 1.82) is 0 Å². The summed E-state index contributed by atoms with van der Waals surface area (Å²) in [4.78, 5) is 0. The van der Waals surface area contributed by atoms with E-state index in [2.05, 4.69) is 41.6 Å². The number of halogens is 2. The van der Waals surface area contributed by atoms with Crippen molar-refractivity contribution in [2.24, 2.45) is 0 Å². The lowest BCUT2D eigenvalue weighted by Gasteiger charge is -2.15. The van der Waals surface area contributed by atoms with Gasteiger partial charge < -0.3 is 4.74 Å². The van der Waals surface area contributed by atoms with E-state index in [1.165, 1.54) is 3.57 Å². The molecule has 0 N–H and O–H groups in total. The first-order valence-electron chi connectivity index (χ1n) is 5.66. The van der Waals surface area contributed by atoms with Gasteiger partial charge in [-0.3, -0.25) is 0 Å². The van der Waals surface area contributed by atoms with Crippen molar-refractivity contribution in [3.63, 3.8) is 0 Å². The third-order valence-corrected chi connectivity index (χ3v) is 4.38. The van der Waals surface area contributed by atoms with E-state index in [1.54, 1.807) is 7.11 Å². The molecule has 0 saturated carbocycles. The van der Waals surface area contributed by atoms with Gasteiger partial charge in [-0.2, -0.15) is 0 Å². The van der Waals surface area contributed by atoms with Crippen LogP contribution in [0.5, 0.6) is 5.75 Å². The van der Waals surface area contributed by atoms with E-state index in [0.29, 0.717) is 0 Å². The van der Waals surface area contributed by atoms with Gasteiger partial charge in [0, 0.05) is 3.57 Å². The van der Waals surface area contributed by atoms with Crippen LogP contribution in [0.1, 0.15) is 22.1 Å². The van der Waals surface area contributed by atoms with Crippen molar-refractivity contribution < 1.29 is 4.74 Å². The lowest BCUT2D eigenvalue weighted by Crippen LogP contribution is -1.99. The number of benzene rings is 2. The Labute approximate surface area is 126 Å². The fraction of sp³-hybridized carbons (Fsp3) is 0.200. The molecule has 0 aliphatic heterocycles. The quantitative estimate of drug-likeness (QED) is 0.548. The van der Waals surface area contributed by atoms with Crippen molar-refractivity contribution in [3.8, 4) is 5.75 Å². The molecule has 3 heteroatoms. The average molecular weight is 373 g/mol. The summed E-state index contributed by atoms with van der Waals surface area (Å²) < 4.78 is 6.40. The first kappa shape index (κ1) is 13.7. The summed E-state index contributed by atoms with van der Waals surface area (Å²) >= 11 is 8.91. The maximum atomic E-state index is 6.59. The third-order valence-electron chi connectivity index (χ3n) is 2.93. The highest BCUT2D eigenvalue weighted by Crippen LogP contribution is 2.34. The number of aryl methyl sites for hydroxylation is 1. The fourth-order valence-electron chi connectivity index (χ4n) is 1.91. The molecule has 2 aromatic rings. The highest BCUT2D eigenvalue weighted by Gasteiger charge is 2.15. The Kier molecular flexibility index (Phi) is 4.51. The lowest BCUT2D eigenvalue weighted by atomic mass is 10.00. The predicted molar refractivity (Wildman–Crippen MR) is 84.6 cm³/mol. The van der Waals surface area contributed by atoms with Crippen molar-refractivity contribution >= 4 is 34.2 Å². The van der Waals surface area contributed by atoms with E-state index in [9.17, 15) is 0 Å². The summed E-state index contributed by atoms with van der Waals surface area (Å²) in [7, 11) is 1.67. The molecule has 0 aromatic heterocycles. The van der Waals surface area contributed by atoms with Crippen molar-refractivity contribution in [2.75, 3.05) is 7.11 Å². The van der Waals surface area contributed by atoms with Crippen LogP contribution in [0.15, 0.2) is 42.5 Å². The second-order valence-electron chi connectivity index (χ2n) is 4.11. The number of rotatable bonds is 3. The maximum absolute atomic E-state index is 6.59. The third kappa shape index (κ3) is 2.81. The normalized spacial score (nSPS) is 12.2.